The highest BCUT2D eigenvalue weighted by Crippen LogP contribution is 2.32. The quantitative estimate of drug-likeness (QED) is 0.668. The smallest absolute Gasteiger partial charge is 0.294 e. The van der Waals surface area contributed by atoms with Crippen molar-refractivity contribution in [3.63, 3.8) is 0 Å². The van der Waals surface area contributed by atoms with E-state index in [-0.39, 0.29) is 12.1 Å². The summed E-state index contributed by atoms with van der Waals surface area (Å²) in [6, 6.07) is 2.59. The summed E-state index contributed by atoms with van der Waals surface area (Å²) in [4.78, 5) is 11.3. The Bertz CT molecular complexity index is 844. The molecule has 1 aliphatic heterocycles. The van der Waals surface area contributed by atoms with Crippen LogP contribution >= 0.6 is 0 Å². The number of fused-ring (bicyclic) bond motifs is 1. The van der Waals surface area contributed by atoms with Gasteiger partial charge in [-0.15, -0.1) is 0 Å². The molecule has 0 spiro atoms. The van der Waals surface area contributed by atoms with Crippen molar-refractivity contribution in [1.82, 2.24) is 14.9 Å². The summed E-state index contributed by atoms with van der Waals surface area (Å²) in [5.41, 5.74) is 1.26. The summed E-state index contributed by atoms with van der Waals surface area (Å²) >= 11 is 0. The van der Waals surface area contributed by atoms with Gasteiger partial charge in [-0.2, -0.15) is 13.2 Å². The van der Waals surface area contributed by atoms with E-state index in [1.165, 1.54) is 19.3 Å². The number of halogens is 4. The molecule has 4 rings (SSSR count). The molecule has 1 saturated carbocycles. The number of alkyl halides is 3. The Morgan fingerprint density at radius 1 is 1.11 bits per heavy atom. The van der Waals surface area contributed by atoms with Gasteiger partial charge in [-0.05, 0) is 31.0 Å². The average Bonchev–Trinajstić information content (AvgIpc) is 2.69. The van der Waals surface area contributed by atoms with Crippen LogP contribution in [0.4, 0.5) is 17.6 Å². The molecule has 1 aromatic carbocycles. The molecule has 2 aromatic rings. The van der Waals surface area contributed by atoms with Crippen LogP contribution in [-0.4, -0.2) is 21.4 Å². The SMILES string of the molecule is Fc1ccc(C(F)(F)F)cc1CN1CCc2nc(C3CCCCC3)ncc2C1. The Morgan fingerprint density at radius 3 is 2.64 bits per heavy atom. The zero-order chi connectivity index (χ0) is 19.7. The largest absolute Gasteiger partial charge is 0.416 e. The topological polar surface area (TPSA) is 29.0 Å². The summed E-state index contributed by atoms with van der Waals surface area (Å²) in [6.45, 7) is 1.30. The Labute approximate surface area is 161 Å². The van der Waals surface area contributed by atoms with Crippen LogP contribution in [0, 0.1) is 5.82 Å². The van der Waals surface area contributed by atoms with Crippen LogP contribution in [0.25, 0.3) is 0 Å². The highest BCUT2D eigenvalue weighted by molar-refractivity contribution is 5.28. The Kier molecular flexibility index (Phi) is 5.36. The van der Waals surface area contributed by atoms with Gasteiger partial charge in [0.05, 0.1) is 5.56 Å². The van der Waals surface area contributed by atoms with Gasteiger partial charge in [-0.3, -0.25) is 4.90 Å². The number of hydrogen-bond acceptors (Lipinski definition) is 3. The Hall–Kier alpha value is -2.02. The molecule has 28 heavy (non-hydrogen) atoms. The maximum Gasteiger partial charge on any atom is 0.416 e. The van der Waals surface area contributed by atoms with Gasteiger partial charge in [-0.1, -0.05) is 19.3 Å². The molecule has 1 fully saturated rings. The predicted molar refractivity (Wildman–Crippen MR) is 97.1 cm³/mol. The molecule has 0 amide bonds. The van der Waals surface area contributed by atoms with Crippen molar-refractivity contribution in [2.75, 3.05) is 6.54 Å². The van der Waals surface area contributed by atoms with Gasteiger partial charge in [0.15, 0.2) is 0 Å². The van der Waals surface area contributed by atoms with E-state index in [0.717, 1.165) is 48.1 Å². The number of benzene rings is 1. The second-order valence-corrected chi connectivity index (χ2v) is 7.80. The number of nitrogens with zero attached hydrogens (tertiary/aromatic N) is 3. The van der Waals surface area contributed by atoms with Crippen molar-refractivity contribution in [3.05, 3.63) is 58.4 Å². The predicted octanol–water partition coefficient (Wildman–Crippen LogP) is 5.24. The van der Waals surface area contributed by atoms with Crippen LogP contribution in [0.2, 0.25) is 0 Å². The lowest BCUT2D eigenvalue weighted by Gasteiger charge is -2.29. The first-order chi connectivity index (χ1) is 13.4. The van der Waals surface area contributed by atoms with E-state index in [1.54, 1.807) is 0 Å². The zero-order valence-electron chi connectivity index (χ0n) is 15.6. The second kappa shape index (κ2) is 7.78. The first kappa shape index (κ1) is 19.3. The van der Waals surface area contributed by atoms with Crippen molar-refractivity contribution in [3.8, 4) is 0 Å². The first-order valence-corrected chi connectivity index (χ1v) is 9.83. The first-order valence-electron chi connectivity index (χ1n) is 9.83. The normalized spacial score (nSPS) is 18.9. The molecule has 7 heteroatoms. The van der Waals surface area contributed by atoms with Crippen LogP contribution < -0.4 is 0 Å². The van der Waals surface area contributed by atoms with Crippen LogP contribution in [0.1, 0.15) is 66.2 Å². The molecule has 0 N–H and O–H groups in total. The maximum atomic E-state index is 14.0. The number of rotatable bonds is 3. The third-order valence-electron chi connectivity index (χ3n) is 5.77. The van der Waals surface area contributed by atoms with Crippen molar-refractivity contribution in [1.29, 1.82) is 0 Å². The third-order valence-corrected chi connectivity index (χ3v) is 5.77. The average molecular weight is 393 g/mol. The molecule has 1 aliphatic carbocycles. The van der Waals surface area contributed by atoms with Gasteiger partial charge in [0.1, 0.15) is 11.6 Å². The summed E-state index contributed by atoms with van der Waals surface area (Å²) in [5.74, 6) is 0.759. The molecule has 2 aliphatic rings. The molecule has 0 atom stereocenters. The molecule has 0 radical (unpaired) electrons. The van der Waals surface area contributed by atoms with Gasteiger partial charge in [0.25, 0.3) is 0 Å². The van der Waals surface area contributed by atoms with E-state index >= 15 is 0 Å². The summed E-state index contributed by atoms with van der Waals surface area (Å²) < 4.78 is 52.8. The van der Waals surface area contributed by atoms with Crippen LogP contribution in [-0.2, 0) is 25.7 Å². The fourth-order valence-electron chi connectivity index (χ4n) is 4.20. The van der Waals surface area contributed by atoms with E-state index < -0.39 is 17.6 Å². The van der Waals surface area contributed by atoms with Crippen LogP contribution in [0.5, 0.6) is 0 Å². The van der Waals surface area contributed by atoms with E-state index in [1.807, 2.05) is 11.1 Å². The lowest BCUT2D eigenvalue weighted by molar-refractivity contribution is -0.137. The molecule has 150 valence electrons. The second-order valence-electron chi connectivity index (χ2n) is 7.80. The van der Waals surface area contributed by atoms with Crippen molar-refractivity contribution in [2.45, 2.75) is 63.7 Å². The minimum atomic E-state index is -4.47. The van der Waals surface area contributed by atoms with Gasteiger partial charge >= 0.3 is 6.18 Å². The maximum absolute atomic E-state index is 14.0. The molecular formula is C21H23F4N3. The molecule has 0 unspecified atom stereocenters. The molecule has 0 saturated heterocycles. The molecule has 0 bridgehead atoms. The van der Waals surface area contributed by atoms with Crippen molar-refractivity contribution >= 4 is 0 Å². The van der Waals surface area contributed by atoms with Crippen molar-refractivity contribution < 1.29 is 17.6 Å². The fraction of sp³-hybridized carbons (Fsp3) is 0.524. The third kappa shape index (κ3) is 4.19. The fourth-order valence-corrected chi connectivity index (χ4v) is 4.20. The van der Waals surface area contributed by atoms with E-state index in [4.69, 9.17) is 4.98 Å². The number of hydrogen-bond donors (Lipinski definition) is 0. The van der Waals surface area contributed by atoms with E-state index in [9.17, 15) is 17.6 Å². The van der Waals surface area contributed by atoms with Gasteiger partial charge < -0.3 is 0 Å². The molecular weight excluding hydrogens is 370 g/mol. The monoisotopic (exact) mass is 393 g/mol. The van der Waals surface area contributed by atoms with Crippen LogP contribution in [0.15, 0.2) is 24.4 Å². The minimum Gasteiger partial charge on any atom is -0.294 e. The molecule has 2 heterocycles. The number of aromatic nitrogens is 2. The van der Waals surface area contributed by atoms with Gasteiger partial charge in [0.2, 0.25) is 0 Å². The minimum absolute atomic E-state index is 0.0676. The van der Waals surface area contributed by atoms with Gasteiger partial charge in [-0.25, -0.2) is 14.4 Å². The lowest BCUT2D eigenvalue weighted by atomic mass is 9.88. The Balaban J connectivity index is 1.47. The molecule has 3 nitrogen and oxygen atoms in total. The van der Waals surface area contributed by atoms with E-state index in [2.05, 4.69) is 4.98 Å². The summed E-state index contributed by atoms with van der Waals surface area (Å²) in [5, 5.41) is 0. The summed E-state index contributed by atoms with van der Waals surface area (Å²) in [7, 11) is 0. The Morgan fingerprint density at radius 2 is 1.89 bits per heavy atom. The lowest BCUT2D eigenvalue weighted by Crippen LogP contribution is -2.31. The van der Waals surface area contributed by atoms with Crippen LogP contribution in [0.3, 0.4) is 0 Å². The zero-order valence-corrected chi connectivity index (χ0v) is 15.6. The molecule has 1 aromatic heterocycles. The summed E-state index contributed by atoms with van der Waals surface area (Å²) in [6.07, 6.45) is 4.09. The van der Waals surface area contributed by atoms with Crippen molar-refractivity contribution in [2.24, 2.45) is 0 Å². The van der Waals surface area contributed by atoms with Gasteiger partial charge in [0, 0.05) is 55.0 Å². The van der Waals surface area contributed by atoms with E-state index in [0.29, 0.717) is 25.4 Å². The highest BCUT2D eigenvalue weighted by Gasteiger charge is 2.31. The highest BCUT2D eigenvalue weighted by atomic mass is 19.4. The standard InChI is InChI=1S/C21H23F4N3/c22-18-7-6-17(21(23,24)25)10-15(18)12-28-9-8-19-16(13-28)11-26-20(27-19)14-4-2-1-3-5-14/h6-7,10-11,14H,1-5,8-9,12-13H2.